The Kier molecular flexibility index (Phi) is 4.77. The number of carbonyl (C=O) groups is 2. The second-order valence-corrected chi connectivity index (χ2v) is 8.23. The van der Waals surface area contributed by atoms with Gasteiger partial charge in [0.1, 0.15) is 6.26 Å². The van der Waals surface area contributed by atoms with Gasteiger partial charge in [0.15, 0.2) is 5.65 Å². The summed E-state index contributed by atoms with van der Waals surface area (Å²) in [5.41, 5.74) is 5.01. The Morgan fingerprint density at radius 1 is 1.19 bits per heavy atom. The Bertz CT molecular complexity index is 1340. The van der Waals surface area contributed by atoms with Gasteiger partial charge in [-0.05, 0) is 63.1 Å². The Hall–Kier alpha value is -3.94. The first-order valence-electron chi connectivity index (χ1n) is 10.6. The summed E-state index contributed by atoms with van der Waals surface area (Å²) in [7, 11) is 0. The number of pyridine rings is 1. The van der Waals surface area contributed by atoms with Gasteiger partial charge in [0.2, 0.25) is 0 Å². The third-order valence-corrected chi connectivity index (χ3v) is 5.74. The van der Waals surface area contributed by atoms with Crippen molar-refractivity contribution in [2.24, 2.45) is 0 Å². The summed E-state index contributed by atoms with van der Waals surface area (Å²) < 4.78 is 6.88. The summed E-state index contributed by atoms with van der Waals surface area (Å²) in [6.07, 6.45) is 5.40. The average molecular weight is 429 g/mol. The summed E-state index contributed by atoms with van der Waals surface area (Å²) in [6.45, 7) is 6.51. The molecule has 2 amide bonds. The standard InChI is InChI=1S/C24H23N5O3/c1-14(2)29-22-18(12-25-29)11-20(15(3)26-22)23(30)27-19-4-5-21-16(10-19)6-8-28(21)24(31)17-7-9-32-13-17/h4-5,7,9-14H,6,8H2,1-3H3,(H,27,30). The molecule has 0 radical (unpaired) electrons. The summed E-state index contributed by atoms with van der Waals surface area (Å²) in [5.74, 6) is -0.315. The highest BCUT2D eigenvalue weighted by Gasteiger charge is 2.26. The van der Waals surface area contributed by atoms with Crippen molar-refractivity contribution in [2.75, 3.05) is 16.8 Å². The van der Waals surface area contributed by atoms with Gasteiger partial charge in [0, 0.05) is 29.3 Å². The molecule has 1 aliphatic heterocycles. The second-order valence-electron chi connectivity index (χ2n) is 8.23. The van der Waals surface area contributed by atoms with E-state index in [1.54, 1.807) is 17.2 Å². The lowest BCUT2D eigenvalue weighted by atomic mass is 10.1. The number of rotatable bonds is 4. The molecule has 1 aliphatic rings. The quantitative estimate of drug-likeness (QED) is 0.520. The lowest BCUT2D eigenvalue weighted by Crippen LogP contribution is -2.28. The van der Waals surface area contributed by atoms with Crippen LogP contribution in [0.2, 0.25) is 0 Å². The van der Waals surface area contributed by atoms with E-state index in [4.69, 9.17) is 4.42 Å². The molecule has 8 heteroatoms. The van der Waals surface area contributed by atoms with Gasteiger partial charge in [-0.2, -0.15) is 5.10 Å². The monoisotopic (exact) mass is 429 g/mol. The number of carbonyl (C=O) groups excluding carboxylic acids is 2. The lowest BCUT2D eigenvalue weighted by molar-refractivity contribution is 0.0987. The van der Waals surface area contributed by atoms with Crippen molar-refractivity contribution in [3.63, 3.8) is 0 Å². The SMILES string of the molecule is Cc1nc2c(cnn2C(C)C)cc1C(=O)Nc1ccc2c(c1)CCN2C(=O)c1ccoc1. The highest BCUT2D eigenvalue weighted by atomic mass is 16.3. The molecule has 0 unspecified atom stereocenters. The van der Waals surface area contributed by atoms with Crippen molar-refractivity contribution in [1.29, 1.82) is 0 Å². The normalized spacial score (nSPS) is 13.1. The van der Waals surface area contributed by atoms with Crippen LogP contribution in [0, 0.1) is 6.92 Å². The van der Waals surface area contributed by atoms with Crippen LogP contribution in [0.1, 0.15) is 51.9 Å². The first kappa shape index (κ1) is 20.0. The molecule has 0 saturated heterocycles. The number of furan rings is 1. The molecule has 0 saturated carbocycles. The Labute approximate surface area is 184 Å². The summed E-state index contributed by atoms with van der Waals surface area (Å²) in [5, 5.41) is 8.18. The van der Waals surface area contributed by atoms with Crippen LogP contribution >= 0.6 is 0 Å². The highest BCUT2D eigenvalue weighted by molar-refractivity contribution is 6.08. The second kappa shape index (κ2) is 7.64. The van der Waals surface area contributed by atoms with E-state index in [1.165, 1.54) is 12.5 Å². The van der Waals surface area contributed by atoms with Crippen molar-refractivity contribution in [3.05, 3.63) is 71.4 Å². The minimum absolute atomic E-state index is 0.0915. The molecule has 0 spiro atoms. The van der Waals surface area contributed by atoms with E-state index in [9.17, 15) is 9.59 Å². The molecule has 0 atom stereocenters. The largest absolute Gasteiger partial charge is 0.472 e. The lowest BCUT2D eigenvalue weighted by Gasteiger charge is -2.17. The van der Waals surface area contributed by atoms with Gasteiger partial charge in [0.05, 0.1) is 29.3 Å². The van der Waals surface area contributed by atoms with Crippen LogP contribution in [0.5, 0.6) is 0 Å². The van der Waals surface area contributed by atoms with Gasteiger partial charge >= 0.3 is 0 Å². The minimum atomic E-state index is -0.224. The number of fused-ring (bicyclic) bond motifs is 2. The van der Waals surface area contributed by atoms with Gasteiger partial charge in [0.25, 0.3) is 11.8 Å². The predicted octanol–water partition coefficient (Wildman–Crippen LogP) is 4.37. The first-order valence-corrected chi connectivity index (χ1v) is 10.6. The van der Waals surface area contributed by atoms with E-state index in [2.05, 4.69) is 15.4 Å². The third kappa shape index (κ3) is 3.33. The van der Waals surface area contributed by atoms with Gasteiger partial charge in [-0.3, -0.25) is 9.59 Å². The van der Waals surface area contributed by atoms with Crippen molar-refractivity contribution >= 4 is 34.2 Å². The zero-order valence-electron chi connectivity index (χ0n) is 18.1. The summed E-state index contributed by atoms with van der Waals surface area (Å²) in [6, 6.07) is 9.29. The van der Waals surface area contributed by atoms with Crippen LogP contribution in [0.15, 0.2) is 53.5 Å². The number of hydrogen-bond acceptors (Lipinski definition) is 5. The molecule has 162 valence electrons. The third-order valence-electron chi connectivity index (χ3n) is 5.74. The van der Waals surface area contributed by atoms with E-state index in [0.717, 1.165) is 28.7 Å². The predicted molar refractivity (Wildman–Crippen MR) is 121 cm³/mol. The number of amides is 2. The minimum Gasteiger partial charge on any atom is -0.472 e. The molecule has 4 aromatic rings. The van der Waals surface area contributed by atoms with Crippen LogP contribution in [-0.2, 0) is 6.42 Å². The van der Waals surface area contributed by atoms with E-state index in [0.29, 0.717) is 29.1 Å². The molecule has 32 heavy (non-hydrogen) atoms. The number of hydrogen-bond donors (Lipinski definition) is 1. The molecule has 5 rings (SSSR count). The van der Waals surface area contributed by atoms with E-state index in [1.807, 2.05) is 49.7 Å². The Morgan fingerprint density at radius 2 is 2.03 bits per heavy atom. The molecule has 3 aromatic heterocycles. The van der Waals surface area contributed by atoms with Crippen molar-refractivity contribution in [1.82, 2.24) is 14.8 Å². The molecule has 0 fully saturated rings. The number of aromatic nitrogens is 3. The molecular weight excluding hydrogens is 406 g/mol. The molecule has 4 heterocycles. The first-order chi connectivity index (χ1) is 15.4. The summed E-state index contributed by atoms with van der Waals surface area (Å²) in [4.78, 5) is 32.0. The fourth-order valence-electron chi connectivity index (χ4n) is 4.10. The van der Waals surface area contributed by atoms with Gasteiger partial charge in [-0.25, -0.2) is 9.67 Å². The maximum Gasteiger partial charge on any atom is 0.261 e. The number of benzene rings is 1. The van der Waals surface area contributed by atoms with Crippen molar-refractivity contribution < 1.29 is 14.0 Å². The zero-order chi connectivity index (χ0) is 22.4. The van der Waals surface area contributed by atoms with E-state index < -0.39 is 0 Å². The Morgan fingerprint density at radius 3 is 2.78 bits per heavy atom. The fourth-order valence-corrected chi connectivity index (χ4v) is 4.10. The highest BCUT2D eigenvalue weighted by Crippen LogP contribution is 2.32. The molecule has 1 aromatic carbocycles. The van der Waals surface area contributed by atoms with Gasteiger partial charge < -0.3 is 14.6 Å². The number of nitrogens with zero attached hydrogens (tertiary/aromatic N) is 4. The smallest absolute Gasteiger partial charge is 0.261 e. The van der Waals surface area contributed by atoms with Crippen LogP contribution in [0.3, 0.4) is 0 Å². The molecule has 0 bridgehead atoms. The van der Waals surface area contributed by atoms with Crippen molar-refractivity contribution in [2.45, 2.75) is 33.2 Å². The summed E-state index contributed by atoms with van der Waals surface area (Å²) >= 11 is 0. The number of anilines is 2. The van der Waals surface area contributed by atoms with E-state index >= 15 is 0 Å². The fraction of sp³-hybridized carbons (Fsp3) is 0.250. The topological polar surface area (TPSA) is 93.3 Å². The van der Waals surface area contributed by atoms with E-state index in [-0.39, 0.29) is 17.9 Å². The average Bonchev–Trinajstić information content (AvgIpc) is 3.51. The molecule has 1 N–H and O–H groups in total. The maximum atomic E-state index is 13.0. The molecular formula is C24H23N5O3. The van der Waals surface area contributed by atoms with Crippen molar-refractivity contribution in [3.8, 4) is 0 Å². The molecule has 0 aliphatic carbocycles. The Balaban J connectivity index is 1.38. The van der Waals surface area contributed by atoms with Crippen LogP contribution in [0.25, 0.3) is 11.0 Å². The molecule has 8 nitrogen and oxygen atoms in total. The maximum absolute atomic E-state index is 13.0. The van der Waals surface area contributed by atoms with Gasteiger partial charge in [-0.15, -0.1) is 0 Å². The van der Waals surface area contributed by atoms with Crippen LogP contribution < -0.4 is 10.2 Å². The number of nitrogens with one attached hydrogen (secondary N) is 1. The van der Waals surface area contributed by atoms with Crippen LogP contribution in [0.4, 0.5) is 11.4 Å². The zero-order valence-corrected chi connectivity index (χ0v) is 18.1. The number of aryl methyl sites for hydroxylation is 1. The van der Waals surface area contributed by atoms with Crippen LogP contribution in [-0.4, -0.2) is 33.1 Å². The van der Waals surface area contributed by atoms with Gasteiger partial charge in [-0.1, -0.05) is 0 Å².